The number of likely N-dealkylation sites (tertiary alicyclic amines) is 1. The van der Waals surface area contributed by atoms with Crippen LogP contribution in [-0.4, -0.2) is 54.6 Å². The smallest absolute Gasteiger partial charge is 0.255 e. The SMILES string of the molecule is Cc1ccc(CO[C@H]2CCC[C@@H]2NC(=O)c2cc(-c3ccc(CNCC4CCN(C)CC4)cc3)cnc2N)cc1C. The van der Waals surface area contributed by atoms with Gasteiger partial charge >= 0.3 is 0 Å². The van der Waals surface area contributed by atoms with Gasteiger partial charge in [-0.15, -0.1) is 0 Å². The number of benzene rings is 2. The molecule has 41 heavy (non-hydrogen) atoms. The van der Waals surface area contributed by atoms with Crippen molar-refractivity contribution in [2.24, 2.45) is 5.92 Å². The molecule has 1 amide bonds. The first-order chi connectivity index (χ1) is 19.9. The van der Waals surface area contributed by atoms with Crippen molar-refractivity contribution in [1.29, 1.82) is 0 Å². The Hall–Kier alpha value is -3.26. The number of rotatable bonds is 10. The molecule has 2 heterocycles. The molecule has 0 unspecified atom stereocenters. The van der Waals surface area contributed by atoms with E-state index < -0.39 is 0 Å². The maximum Gasteiger partial charge on any atom is 0.255 e. The first-order valence-corrected chi connectivity index (χ1v) is 15.1. The van der Waals surface area contributed by atoms with Crippen LogP contribution in [-0.2, 0) is 17.9 Å². The number of piperidine rings is 1. The molecule has 4 N–H and O–H groups in total. The number of nitrogens with one attached hydrogen (secondary N) is 2. The number of hydrogen-bond donors (Lipinski definition) is 3. The molecule has 7 nitrogen and oxygen atoms in total. The van der Waals surface area contributed by atoms with Gasteiger partial charge in [-0.25, -0.2) is 4.98 Å². The molecular formula is C34H45N5O2. The number of aromatic nitrogens is 1. The van der Waals surface area contributed by atoms with Crippen LogP contribution < -0.4 is 16.4 Å². The predicted octanol–water partition coefficient (Wildman–Crippen LogP) is 5.25. The van der Waals surface area contributed by atoms with Crippen LogP contribution in [0.1, 0.15) is 64.7 Å². The summed E-state index contributed by atoms with van der Waals surface area (Å²) in [7, 11) is 2.20. The van der Waals surface area contributed by atoms with E-state index in [0.29, 0.717) is 12.2 Å². The Morgan fingerprint density at radius 2 is 1.73 bits per heavy atom. The highest BCUT2D eigenvalue weighted by Crippen LogP contribution is 2.26. The van der Waals surface area contributed by atoms with E-state index in [0.717, 1.165) is 55.0 Å². The quantitative estimate of drug-likeness (QED) is 0.317. The summed E-state index contributed by atoms with van der Waals surface area (Å²) in [6.07, 6.45) is 7.11. The van der Waals surface area contributed by atoms with Crippen molar-refractivity contribution in [2.75, 3.05) is 32.4 Å². The number of nitrogens with zero attached hydrogens (tertiary/aromatic N) is 2. The van der Waals surface area contributed by atoms with Gasteiger partial charge in [0.1, 0.15) is 5.82 Å². The van der Waals surface area contributed by atoms with Crippen LogP contribution in [0.2, 0.25) is 0 Å². The molecule has 1 aromatic heterocycles. The van der Waals surface area contributed by atoms with Crippen molar-refractivity contribution in [3.05, 3.63) is 82.5 Å². The fourth-order valence-electron chi connectivity index (χ4n) is 5.95. The van der Waals surface area contributed by atoms with Crippen molar-refractivity contribution in [2.45, 2.75) is 71.2 Å². The van der Waals surface area contributed by atoms with E-state index in [4.69, 9.17) is 10.5 Å². The van der Waals surface area contributed by atoms with Gasteiger partial charge in [0.2, 0.25) is 0 Å². The Morgan fingerprint density at radius 1 is 0.976 bits per heavy atom. The topological polar surface area (TPSA) is 92.5 Å². The van der Waals surface area contributed by atoms with Crippen molar-refractivity contribution >= 4 is 11.7 Å². The van der Waals surface area contributed by atoms with Gasteiger partial charge in [0, 0.05) is 18.3 Å². The number of nitrogens with two attached hydrogens (primary N) is 1. The minimum Gasteiger partial charge on any atom is -0.383 e. The molecule has 2 fully saturated rings. The minimum absolute atomic E-state index is 0.0152. The van der Waals surface area contributed by atoms with Gasteiger partial charge in [-0.05, 0) is 112 Å². The van der Waals surface area contributed by atoms with E-state index >= 15 is 0 Å². The lowest BCUT2D eigenvalue weighted by Crippen LogP contribution is -2.41. The standard InChI is InChI=1S/C34H45N5O2/c1-23-7-8-27(17-24(23)2)22-41-32-6-4-5-31(32)38-34(40)30-18-29(21-37-33(30)35)28-11-9-25(10-12-28)19-36-20-26-13-15-39(3)16-14-26/h7-12,17-18,21,26,31-32,36H,4-6,13-16,19-20,22H2,1-3H3,(H2,35,37)(H,38,40)/t31-,32-/m0/s1. The van der Waals surface area contributed by atoms with Crippen molar-refractivity contribution in [3.63, 3.8) is 0 Å². The highest BCUT2D eigenvalue weighted by atomic mass is 16.5. The monoisotopic (exact) mass is 555 g/mol. The second-order valence-electron chi connectivity index (χ2n) is 12.0. The van der Waals surface area contributed by atoms with Gasteiger partial charge in [0.15, 0.2) is 0 Å². The molecule has 7 heteroatoms. The second kappa shape index (κ2) is 13.6. The number of amides is 1. The third-order valence-corrected chi connectivity index (χ3v) is 8.86. The number of aryl methyl sites for hydroxylation is 2. The molecule has 1 aliphatic carbocycles. The number of ether oxygens (including phenoxy) is 1. The Balaban J connectivity index is 1.16. The molecule has 3 aromatic rings. The zero-order valence-corrected chi connectivity index (χ0v) is 24.8. The van der Waals surface area contributed by atoms with E-state index in [9.17, 15) is 4.79 Å². The fourth-order valence-corrected chi connectivity index (χ4v) is 5.95. The summed E-state index contributed by atoms with van der Waals surface area (Å²) in [6, 6.07) is 16.7. The number of carbonyl (C=O) groups excluding carboxylic acids is 1. The molecule has 218 valence electrons. The molecule has 1 saturated carbocycles. The maximum atomic E-state index is 13.3. The lowest BCUT2D eigenvalue weighted by molar-refractivity contribution is 0.0272. The molecule has 0 spiro atoms. The third-order valence-electron chi connectivity index (χ3n) is 8.86. The highest BCUT2D eigenvalue weighted by molar-refractivity contribution is 5.99. The van der Waals surface area contributed by atoms with E-state index in [1.165, 1.54) is 42.6 Å². The molecular weight excluding hydrogens is 510 g/mol. The van der Waals surface area contributed by atoms with Crippen molar-refractivity contribution in [3.8, 4) is 11.1 Å². The fraction of sp³-hybridized carbons (Fsp3) is 0.471. The number of hydrogen-bond acceptors (Lipinski definition) is 6. The molecule has 0 bridgehead atoms. The molecule has 2 aromatic carbocycles. The predicted molar refractivity (Wildman–Crippen MR) is 166 cm³/mol. The summed E-state index contributed by atoms with van der Waals surface area (Å²) in [5.74, 6) is 0.809. The second-order valence-corrected chi connectivity index (χ2v) is 12.0. The van der Waals surface area contributed by atoms with Crippen molar-refractivity contribution < 1.29 is 9.53 Å². The van der Waals surface area contributed by atoms with Crippen LogP contribution in [0, 0.1) is 19.8 Å². The normalized spacial score (nSPS) is 19.9. The van der Waals surface area contributed by atoms with Gasteiger partial charge in [0.05, 0.1) is 24.3 Å². The highest BCUT2D eigenvalue weighted by Gasteiger charge is 2.30. The van der Waals surface area contributed by atoms with E-state index in [-0.39, 0.29) is 23.9 Å². The molecule has 5 rings (SSSR count). The van der Waals surface area contributed by atoms with E-state index in [2.05, 4.69) is 83.9 Å². The Labute approximate surface area is 244 Å². The molecule has 0 radical (unpaired) electrons. The van der Waals surface area contributed by atoms with Crippen LogP contribution in [0.15, 0.2) is 54.7 Å². The number of pyridine rings is 1. The van der Waals surface area contributed by atoms with Crippen LogP contribution in [0.4, 0.5) is 5.82 Å². The summed E-state index contributed by atoms with van der Waals surface area (Å²) < 4.78 is 6.27. The zero-order valence-electron chi connectivity index (χ0n) is 24.8. The van der Waals surface area contributed by atoms with Gasteiger partial charge in [0.25, 0.3) is 5.91 Å². The average Bonchev–Trinajstić information content (AvgIpc) is 3.42. The van der Waals surface area contributed by atoms with Gasteiger partial charge in [-0.2, -0.15) is 0 Å². The lowest BCUT2D eigenvalue weighted by atomic mass is 9.97. The summed E-state index contributed by atoms with van der Waals surface area (Å²) >= 11 is 0. The Bertz CT molecular complexity index is 1320. The van der Waals surface area contributed by atoms with Gasteiger partial charge in [-0.3, -0.25) is 4.79 Å². The first-order valence-electron chi connectivity index (χ1n) is 15.1. The number of carbonyl (C=O) groups is 1. The number of anilines is 1. The van der Waals surface area contributed by atoms with Gasteiger partial charge in [-0.1, -0.05) is 42.5 Å². The summed E-state index contributed by atoms with van der Waals surface area (Å²) in [5.41, 5.74) is 13.4. The number of nitrogen functional groups attached to an aromatic ring is 1. The maximum absolute atomic E-state index is 13.3. The third kappa shape index (κ3) is 7.73. The summed E-state index contributed by atoms with van der Waals surface area (Å²) in [5, 5.41) is 6.82. The van der Waals surface area contributed by atoms with E-state index in [1.54, 1.807) is 6.20 Å². The van der Waals surface area contributed by atoms with Crippen LogP contribution in [0.3, 0.4) is 0 Å². The van der Waals surface area contributed by atoms with E-state index in [1.807, 2.05) is 6.07 Å². The van der Waals surface area contributed by atoms with Crippen LogP contribution >= 0.6 is 0 Å². The average molecular weight is 556 g/mol. The molecule has 2 atom stereocenters. The molecule has 2 aliphatic rings. The Kier molecular flexibility index (Phi) is 9.70. The zero-order chi connectivity index (χ0) is 28.8. The summed E-state index contributed by atoms with van der Waals surface area (Å²) in [4.78, 5) is 20.1. The van der Waals surface area contributed by atoms with Crippen LogP contribution in [0.25, 0.3) is 11.1 Å². The largest absolute Gasteiger partial charge is 0.383 e. The first kappa shape index (κ1) is 29.2. The molecule has 1 saturated heterocycles. The lowest BCUT2D eigenvalue weighted by Gasteiger charge is -2.29. The Morgan fingerprint density at radius 3 is 2.49 bits per heavy atom. The summed E-state index contributed by atoms with van der Waals surface area (Å²) in [6.45, 7) is 9.08. The van der Waals surface area contributed by atoms with Gasteiger partial charge < -0.3 is 26.0 Å². The minimum atomic E-state index is -0.196. The van der Waals surface area contributed by atoms with Crippen molar-refractivity contribution in [1.82, 2.24) is 20.5 Å². The molecule has 1 aliphatic heterocycles. The van der Waals surface area contributed by atoms with Crippen LogP contribution in [0.5, 0.6) is 0 Å².